The predicted molar refractivity (Wildman–Crippen MR) is 138 cm³/mol. The summed E-state index contributed by atoms with van der Waals surface area (Å²) in [6.07, 6.45) is -3.73. The fourth-order valence-corrected chi connectivity index (χ4v) is 5.71. The number of nitrogens with zero attached hydrogens (tertiary/aromatic N) is 3. The summed E-state index contributed by atoms with van der Waals surface area (Å²) in [5, 5.41) is 0. The third kappa shape index (κ3) is 4.61. The lowest BCUT2D eigenvalue weighted by Crippen LogP contribution is -2.52. The third-order valence-electron chi connectivity index (χ3n) is 7.40. The number of carbonyl (C=O) groups is 1. The van der Waals surface area contributed by atoms with Gasteiger partial charge in [0.15, 0.2) is 0 Å². The van der Waals surface area contributed by atoms with Crippen molar-refractivity contribution in [2.75, 3.05) is 30.0 Å². The number of methoxy groups -OCH3 is 1. The Morgan fingerprint density at radius 2 is 1.65 bits per heavy atom. The van der Waals surface area contributed by atoms with Gasteiger partial charge in [-0.25, -0.2) is 4.79 Å². The number of rotatable bonds is 5. The molecule has 37 heavy (non-hydrogen) atoms. The molecule has 0 aliphatic carbocycles. The Bertz CT molecular complexity index is 1300. The number of urea groups is 1. The first kappa shape index (κ1) is 25.0. The van der Waals surface area contributed by atoms with Gasteiger partial charge in [0.2, 0.25) is 0 Å². The highest BCUT2D eigenvalue weighted by atomic mass is 19.4. The number of hydrogen-bond donors (Lipinski definition) is 0. The van der Waals surface area contributed by atoms with E-state index in [-0.39, 0.29) is 24.2 Å². The van der Waals surface area contributed by atoms with Gasteiger partial charge in [0.25, 0.3) is 0 Å². The maximum Gasteiger partial charge on any atom is 0.416 e. The summed E-state index contributed by atoms with van der Waals surface area (Å²) in [6, 6.07) is 16.8. The monoisotopic (exact) mass is 509 g/mol. The molecule has 5 nitrogen and oxygen atoms in total. The molecule has 8 heteroatoms. The molecule has 0 spiro atoms. The molecular formula is C29H30F3N3O2. The molecule has 1 unspecified atom stereocenters. The van der Waals surface area contributed by atoms with Gasteiger partial charge in [-0.1, -0.05) is 48.5 Å². The maximum atomic E-state index is 14.0. The van der Waals surface area contributed by atoms with Crippen LogP contribution < -0.4 is 14.5 Å². The van der Waals surface area contributed by atoms with Crippen LogP contribution in [0.1, 0.15) is 34.2 Å². The van der Waals surface area contributed by atoms with E-state index in [1.807, 2.05) is 23.1 Å². The van der Waals surface area contributed by atoms with Gasteiger partial charge in [0, 0.05) is 25.3 Å². The fraction of sp³-hybridized carbons (Fsp3) is 0.345. The highest BCUT2D eigenvalue weighted by molar-refractivity contribution is 5.97. The number of hydrogen-bond acceptors (Lipinski definition) is 3. The van der Waals surface area contributed by atoms with Gasteiger partial charge in [-0.2, -0.15) is 13.2 Å². The minimum Gasteiger partial charge on any atom is -0.495 e. The topological polar surface area (TPSA) is 36.0 Å². The summed E-state index contributed by atoms with van der Waals surface area (Å²) >= 11 is 0. The molecule has 0 radical (unpaired) electrons. The number of fused-ring (bicyclic) bond motifs is 1. The highest BCUT2D eigenvalue weighted by Crippen LogP contribution is 2.41. The number of carbonyl (C=O) groups excluding carboxylic acids is 1. The Morgan fingerprint density at radius 3 is 2.35 bits per heavy atom. The van der Waals surface area contributed by atoms with Crippen LogP contribution in [-0.2, 0) is 19.3 Å². The minimum atomic E-state index is -4.52. The molecule has 2 heterocycles. The van der Waals surface area contributed by atoms with Gasteiger partial charge in [-0.05, 0) is 54.7 Å². The zero-order chi connectivity index (χ0) is 26.3. The van der Waals surface area contributed by atoms with Gasteiger partial charge in [-0.3, -0.25) is 4.90 Å². The van der Waals surface area contributed by atoms with E-state index in [1.165, 1.54) is 41.0 Å². The van der Waals surface area contributed by atoms with Crippen LogP contribution in [-0.4, -0.2) is 37.2 Å². The first-order valence-electron chi connectivity index (χ1n) is 12.4. The normalized spacial score (nSPS) is 17.8. The Balaban J connectivity index is 1.50. The number of aryl methyl sites for hydroxylation is 2. The van der Waals surface area contributed by atoms with Gasteiger partial charge in [0.1, 0.15) is 5.75 Å². The van der Waals surface area contributed by atoms with E-state index in [0.29, 0.717) is 24.5 Å². The van der Waals surface area contributed by atoms with Crippen LogP contribution in [0, 0.1) is 13.8 Å². The Kier molecular flexibility index (Phi) is 6.52. The summed E-state index contributed by atoms with van der Waals surface area (Å²) in [7, 11) is 1.51. The molecule has 2 aliphatic heterocycles. The van der Waals surface area contributed by atoms with Crippen LogP contribution >= 0.6 is 0 Å². The second-order valence-corrected chi connectivity index (χ2v) is 9.75. The van der Waals surface area contributed by atoms with E-state index in [4.69, 9.17) is 4.74 Å². The van der Waals surface area contributed by atoms with Crippen molar-refractivity contribution in [1.29, 1.82) is 0 Å². The Morgan fingerprint density at radius 1 is 0.946 bits per heavy atom. The number of halogens is 3. The third-order valence-corrected chi connectivity index (χ3v) is 7.40. The number of ether oxygens (including phenoxy) is 1. The van der Waals surface area contributed by atoms with Crippen LogP contribution in [0.15, 0.2) is 60.7 Å². The molecular weight excluding hydrogens is 479 g/mol. The van der Waals surface area contributed by atoms with Crippen molar-refractivity contribution in [3.63, 3.8) is 0 Å². The van der Waals surface area contributed by atoms with Crippen LogP contribution in [0.5, 0.6) is 5.75 Å². The number of alkyl halides is 3. The minimum absolute atomic E-state index is 0.0469. The Hall–Kier alpha value is -3.68. The van der Waals surface area contributed by atoms with E-state index in [0.717, 1.165) is 24.6 Å². The zero-order valence-corrected chi connectivity index (χ0v) is 21.2. The fourth-order valence-electron chi connectivity index (χ4n) is 5.71. The van der Waals surface area contributed by atoms with Crippen molar-refractivity contribution < 1.29 is 22.7 Å². The first-order valence-corrected chi connectivity index (χ1v) is 12.4. The van der Waals surface area contributed by atoms with E-state index in [9.17, 15) is 18.0 Å². The summed E-state index contributed by atoms with van der Waals surface area (Å²) < 4.78 is 46.9. The second kappa shape index (κ2) is 9.65. The largest absolute Gasteiger partial charge is 0.495 e. The van der Waals surface area contributed by atoms with E-state index < -0.39 is 11.7 Å². The molecule has 3 aromatic carbocycles. The lowest BCUT2D eigenvalue weighted by atomic mass is 10.0. The van der Waals surface area contributed by atoms with Gasteiger partial charge in [0.05, 0.1) is 30.9 Å². The standard InChI is InChI=1S/C29H30F3N3O2/c1-19-8-6-9-20(2)26(19)33-15-14-23(18-33)34-17-22-11-7-13-25(37-3)27(22)35(28(34)36)16-21-10-4-5-12-24(21)29(30,31)32/h4-13,23H,14-18H2,1-3H3. The van der Waals surface area contributed by atoms with Gasteiger partial charge >= 0.3 is 12.2 Å². The number of amides is 2. The van der Waals surface area contributed by atoms with Crippen molar-refractivity contribution in [2.45, 2.75) is 45.6 Å². The number of anilines is 2. The van der Waals surface area contributed by atoms with Crippen molar-refractivity contribution in [3.05, 3.63) is 88.5 Å². The quantitative estimate of drug-likeness (QED) is 0.391. The lowest BCUT2D eigenvalue weighted by Gasteiger charge is -2.41. The molecule has 2 amide bonds. The highest BCUT2D eigenvalue weighted by Gasteiger charge is 2.41. The molecule has 0 N–H and O–H groups in total. The maximum absolute atomic E-state index is 14.0. The smallest absolute Gasteiger partial charge is 0.416 e. The molecule has 2 aliphatic rings. The van der Waals surface area contributed by atoms with Crippen LogP contribution in [0.4, 0.5) is 29.3 Å². The summed E-state index contributed by atoms with van der Waals surface area (Å²) in [5.41, 5.74) is 4.26. The second-order valence-electron chi connectivity index (χ2n) is 9.75. The van der Waals surface area contributed by atoms with E-state index in [2.05, 4.69) is 30.9 Å². The average molecular weight is 510 g/mol. The van der Waals surface area contributed by atoms with E-state index in [1.54, 1.807) is 12.1 Å². The summed E-state index contributed by atoms with van der Waals surface area (Å²) in [6.45, 7) is 5.83. The van der Waals surface area contributed by atoms with Gasteiger partial charge < -0.3 is 14.5 Å². The zero-order valence-electron chi connectivity index (χ0n) is 21.2. The molecule has 0 bridgehead atoms. The summed E-state index contributed by atoms with van der Waals surface area (Å²) in [4.78, 5) is 19.6. The molecule has 3 aromatic rings. The molecule has 1 fully saturated rings. The van der Waals surface area contributed by atoms with Crippen molar-refractivity contribution in [2.24, 2.45) is 0 Å². The molecule has 5 rings (SSSR count). The molecule has 1 saturated heterocycles. The Labute approximate surface area is 215 Å². The van der Waals surface area contributed by atoms with Crippen molar-refractivity contribution in [1.82, 2.24) is 4.90 Å². The van der Waals surface area contributed by atoms with Crippen LogP contribution in [0.25, 0.3) is 0 Å². The average Bonchev–Trinajstić information content (AvgIpc) is 3.34. The van der Waals surface area contributed by atoms with Crippen molar-refractivity contribution >= 4 is 17.4 Å². The van der Waals surface area contributed by atoms with Crippen molar-refractivity contribution in [3.8, 4) is 5.75 Å². The molecule has 194 valence electrons. The van der Waals surface area contributed by atoms with Crippen LogP contribution in [0.3, 0.4) is 0 Å². The molecule has 1 atom stereocenters. The number of para-hydroxylation sites is 2. The SMILES string of the molecule is COc1cccc2c1N(Cc1ccccc1C(F)(F)F)C(=O)N(C1CCN(c3c(C)cccc3C)C1)C2. The van der Waals surface area contributed by atoms with Gasteiger partial charge in [-0.15, -0.1) is 0 Å². The van der Waals surface area contributed by atoms with Crippen LogP contribution in [0.2, 0.25) is 0 Å². The number of benzene rings is 3. The summed E-state index contributed by atoms with van der Waals surface area (Å²) in [5.74, 6) is 0.471. The first-order chi connectivity index (χ1) is 17.7. The van der Waals surface area contributed by atoms with E-state index >= 15 is 0 Å². The lowest BCUT2D eigenvalue weighted by molar-refractivity contribution is -0.138. The molecule has 0 aromatic heterocycles. The molecule has 0 saturated carbocycles. The predicted octanol–water partition coefficient (Wildman–Crippen LogP) is 6.55.